The molecule has 1 aromatic rings. The Hall–Kier alpha value is -1.13. The number of amides is 1. The Morgan fingerprint density at radius 1 is 1.44 bits per heavy atom. The number of carbonyl (C=O) groups is 1. The maximum absolute atomic E-state index is 11.7. The van der Waals surface area contributed by atoms with Gasteiger partial charge in [-0.2, -0.15) is 0 Å². The molecular formula is C11H13ClN2OS. The van der Waals surface area contributed by atoms with E-state index in [1.54, 1.807) is 24.3 Å². The fourth-order valence-electron chi connectivity index (χ4n) is 1.10. The standard InChI is InChI=1S/C11H13ClN2OS/c1-7(2)13-11(16)14-10(15)8-4-3-5-9(12)6-8/h3-7H,1-2H3,(H2,13,14,15,16). The van der Waals surface area contributed by atoms with Crippen LogP contribution in [0.4, 0.5) is 0 Å². The molecule has 1 amide bonds. The SMILES string of the molecule is CC(C)NC(=S)NC(=O)c1cccc(Cl)c1. The summed E-state index contributed by atoms with van der Waals surface area (Å²) < 4.78 is 0. The molecule has 0 bridgehead atoms. The fraction of sp³-hybridized carbons (Fsp3) is 0.273. The van der Waals surface area contributed by atoms with Crippen LogP contribution >= 0.6 is 23.8 Å². The Kier molecular flexibility index (Phi) is 4.71. The highest BCUT2D eigenvalue weighted by atomic mass is 35.5. The van der Waals surface area contributed by atoms with Crippen molar-refractivity contribution in [2.24, 2.45) is 0 Å². The molecule has 1 aromatic carbocycles. The van der Waals surface area contributed by atoms with Gasteiger partial charge in [0.1, 0.15) is 0 Å². The average molecular weight is 257 g/mol. The summed E-state index contributed by atoms with van der Waals surface area (Å²) in [6.45, 7) is 3.88. The number of rotatable bonds is 2. The lowest BCUT2D eigenvalue weighted by Crippen LogP contribution is -2.42. The lowest BCUT2D eigenvalue weighted by Gasteiger charge is -2.12. The van der Waals surface area contributed by atoms with Crippen molar-refractivity contribution in [2.45, 2.75) is 19.9 Å². The predicted molar refractivity (Wildman–Crippen MR) is 69.8 cm³/mol. The van der Waals surface area contributed by atoms with Crippen LogP contribution in [0, 0.1) is 0 Å². The van der Waals surface area contributed by atoms with Crippen molar-refractivity contribution < 1.29 is 4.79 Å². The molecule has 3 nitrogen and oxygen atoms in total. The maximum atomic E-state index is 11.7. The first-order valence-corrected chi connectivity index (χ1v) is 5.65. The van der Waals surface area contributed by atoms with E-state index >= 15 is 0 Å². The van der Waals surface area contributed by atoms with E-state index in [1.807, 2.05) is 13.8 Å². The zero-order chi connectivity index (χ0) is 12.1. The van der Waals surface area contributed by atoms with Crippen LogP contribution in [0.15, 0.2) is 24.3 Å². The topological polar surface area (TPSA) is 41.1 Å². The molecule has 0 aliphatic heterocycles. The summed E-state index contributed by atoms with van der Waals surface area (Å²) in [7, 11) is 0. The molecule has 0 heterocycles. The summed E-state index contributed by atoms with van der Waals surface area (Å²) in [6, 6.07) is 6.89. The first-order chi connectivity index (χ1) is 7.49. The number of hydrogen-bond acceptors (Lipinski definition) is 2. The van der Waals surface area contributed by atoms with E-state index in [2.05, 4.69) is 10.6 Å². The largest absolute Gasteiger partial charge is 0.360 e. The van der Waals surface area contributed by atoms with Crippen molar-refractivity contribution in [3.8, 4) is 0 Å². The van der Waals surface area contributed by atoms with Crippen molar-refractivity contribution in [1.29, 1.82) is 0 Å². The van der Waals surface area contributed by atoms with Crippen LogP contribution in [-0.4, -0.2) is 17.1 Å². The van der Waals surface area contributed by atoms with Gasteiger partial charge in [0.15, 0.2) is 5.11 Å². The van der Waals surface area contributed by atoms with Gasteiger partial charge in [0, 0.05) is 16.6 Å². The number of carbonyl (C=O) groups excluding carboxylic acids is 1. The molecule has 0 saturated carbocycles. The third-order valence-corrected chi connectivity index (χ3v) is 2.19. The minimum Gasteiger partial charge on any atom is -0.360 e. The Morgan fingerprint density at radius 2 is 2.12 bits per heavy atom. The van der Waals surface area contributed by atoms with Crippen LogP contribution < -0.4 is 10.6 Å². The third kappa shape index (κ3) is 4.16. The Labute approximate surface area is 105 Å². The van der Waals surface area contributed by atoms with E-state index in [4.69, 9.17) is 23.8 Å². The molecule has 0 spiro atoms. The van der Waals surface area contributed by atoms with Crippen molar-refractivity contribution in [1.82, 2.24) is 10.6 Å². The normalized spacial score (nSPS) is 10.0. The number of hydrogen-bond donors (Lipinski definition) is 2. The fourth-order valence-corrected chi connectivity index (χ4v) is 1.62. The summed E-state index contributed by atoms with van der Waals surface area (Å²) in [5.41, 5.74) is 0.486. The molecule has 5 heteroatoms. The lowest BCUT2D eigenvalue weighted by atomic mass is 10.2. The maximum Gasteiger partial charge on any atom is 0.257 e. The quantitative estimate of drug-likeness (QED) is 0.799. The first-order valence-electron chi connectivity index (χ1n) is 4.86. The van der Waals surface area contributed by atoms with Crippen molar-refractivity contribution in [3.63, 3.8) is 0 Å². The first kappa shape index (κ1) is 12.9. The summed E-state index contributed by atoms with van der Waals surface area (Å²) >= 11 is 10.7. The highest BCUT2D eigenvalue weighted by Gasteiger charge is 2.08. The van der Waals surface area contributed by atoms with Crippen LogP contribution in [0.25, 0.3) is 0 Å². The predicted octanol–water partition coefficient (Wildman–Crippen LogP) is 2.35. The highest BCUT2D eigenvalue weighted by molar-refractivity contribution is 7.80. The molecule has 0 radical (unpaired) electrons. The monoisotopic (exact) mass is 256 g/mol. The second-order valence-corrected chi connectivity index (χ2v) is 4.44. The van der Waals surface area contributed by atoms with E-state index in [-0.39, 0.29) is 11.9 Å². The smallest absolute Gasteiger partial charge is 0.257 e. The van der Waals surface area contributed by atoms with Crippen LogP contribution in [0.3, 0.4) is 0 Å². The van der Waals surface area contributed by atoms with Gasteiger partial charge in [0.05, 0.1) is 0 Å². The van der Waals surface area contributed by atoms with Gasteiger partial charge in [-0.3, -0.25) is 10.1 Å². The molecule has 0 saturated heterocycles. The molecule has 0 atom stereocenters. The molecule has 0 fully saturated rings. The van der Waals surface area contributed by atoms with E-state index < -0.39 is 0 Å². The molecule has 0 aliphatic rings. The molecular weight excluding hydrogens is 244 g/mol. The summed E-state index contributed by atoms with van der Waals surface area (Å²) in [5.74, 6) is -0.263. The van der Waals surface area contributed by atoms with Gasteiger partial charge in [0.25, 0.3) is 5.91 Å². The van der Waals surface area contributed by atoms with Gasteiger partial charge < -0.3 is 5.32 Å². The van der Waals surface area contributed by atoms with Crippen molar-refractivity contribution in [2.75, 3.05) is 0 Å². The van der Waals surface area contributed by atoms with Gasteiger partial charge in [-0.15, -0.1) is 0 Å². The average Bonchev–Trinajstić information content (AvgIpc) is 2.16. The third-order valence-electron chi connectivity index (χ3n) is 1.73. The lowest BCUT2D eigenvalue weighted by molar-refractivity contribution is 0.0976. The molecule has 86 valence electrons. The van der Waals surface area contributed by atoms with Gasteiger partial charge in [-0.25, -0.2) is 0 Å². The van der Waals surface area contributed by atoms with Gasteiger partial charge >= 0.3 is 0 Å². The molecule has 2 N–H and O–H groups in total. The molecule has 0 aliphatic carbocycles. The number of benzene rings is 1. The van der Waals surface area contributed by atoms with Crippen molar-refractivity contribution in [3.05, 3.63) is 34.9 Å². The van der Waals surface area contributed by atoms with E-state index in [0.717, 1.165) is 0 Å². The van der Waals surface area contributed by atoms with Gasteiger partial charge in [-0.1, -0.05) is 17.7 Å². The molecule has 0 aromatic heterocycles. The Bertz CT molecular complexity index is 407. The van der Waals surface area contributed by atoms with Crippen LogP contribution in [0.1, 0.15) is 24.2 Å². The zero-order valence-corrected chi connectivity index (χ0v) is 10.7. The molecule has 1 rings (SSSR count). The van der Waals surface area contributed by atoms with Crippen LogP contribution in [0.5, 0.6) is 0 Å². The summed E-state index contributed by atoms with van der Waals surface area (Å²) in [6.07, 6.45) is 0. The van der Waals surface area contributed by atoms with Crippen LogP contribution in [-0.2, 0) is 0 Å². The van der Waals surface area contributed by atoms with Crippen molar-refractivity contribution >= 4 is 34.8 Å². The minimum atomic E-state index is -0.263. The van der Waals surface area contributed by atoms with E-state index in [9.17, 15) is 4.79 Å². The van der Waals surface area contributed by atoms with E-state index in [0.29, 0.717) is 15.7 Å². The Morgan fingerprint density at radius 3 is 2.69 bits per heavy atom. The number of thiocarbonyl (C=S) groups is 1. The Balaban J connectivity index is 2.62. The molecule has 0 unspecified atom stereocenters. The number of halogens is 1. The van der Waals surface area contributed by atoms with Crippen LogP contribution in [0.2, 0.25) is 5.02 Å². The minimum absolute atomic E-state index is 0.187. The highest BCUT2D eigenvalue weighted by Crippen LogP contribution is 2.10. The zero-order valence-electron chi connectivity index (χ0n) is 9.08. The summed E-state index contributed by atoms with van der Waals surface area (Å²) in [5, 5.41) is 6.34. The number of nitrogens with one attached hydrogen (secondary N) is 2. The summed E-state index contributed by atoms with van der Waals surface area (Å²) in [4.78, 5) is 11.7. The van der Waals surface area contributed by atoms with Gasteiger partial charge in [0.2, 0.25) is 0 Å². The second-order valence-electron chi connectivity index (χ2n) is 3.59. The molecule has 16 heavy (non-hydrogen) atoms. The van der Waals surface area contributed by atoms with Gasteiger partial charge in [-0.05, 0) is 44.3 Å². The van der Waals surface area contributed by atoms with E-state index in [1.165, 1.54) is 0 Å². The second kappa shape index (κ2) is 5.82.